The van der Waals surface area contributed by atoms with E-state index in [2.05, 4.69) is 61.4 Å². The van der Waals surface area contributed by atoms with Crippen LogP contribution in [0.3, 0.4) is 0 Å². The lowest BCUT2D eigenvalue weighted by Crippen LogP contribution is -2.24. The molecule has 2 aromatic heterocycles. The molecule has 0 fully saturated rings. The van der Waals surface area contributed by atoms with Gasteiger partial charge in [0.1, 0.15) is 5.82 Å². The molecule has 0 unspecified atom stereocenters. The molecular formula is C26H38N4OS. The third-order valence-electron chi connectivity index (χ3n) is 5.01. The molecule has 0 aliphatic carbocycles. The summed E-state index contributed by atoms with van der Waals surface area (Å²) in [6.07, 6.45) is 13.6. The highest BCUT2D eigenvalue weighted by molar-refractivity contribution is 8.16. The molecular weight excluding hydrogens is 416 g/mol. The average molecular weight is 455 g/mol. The zero-order chi connectivity index (χ0) is 23.3. The van der Waals surface area contributed by atoms with Gasteiger partial charge in [-0.2, -0.15) is 0 Å². The smallest absolute Gasteiger partial charge is 0.154 e. The number of allylic oxidation sites excluding steroid dienone is 2. The summed E-state index contributed by atoms with van der Waals surface area (Å²) in [6.45, 7) is 12.6. The van der Waals surface area contributed by atoms with E-state index < -0.39 is 0 Å². The molecule has 32 heavy (non-hydrogen) atoms. The first kappa shape index (κ1) is 25.9. The monoisotopic (exact) mass is 454 g/mol. The molecule has 3 rings (SSSR count). The first-order valence-corrected chi connectivity index (χ1v) is 12.3. The molecule has 0 saturated heterocycles. The molecule has 6 heteroatoms. The van der Waals surface area contributed by atoms with Crippen molar-refractivity contribution in [3.05, 3.63) is 60.3 Å². The van der Waals surface area contributed by atoms with Crippen molar-refractivity contribution in [1.29, 1.82) is 0 Å². The molecule has 0 radical (unpaired) electrons. The lowest BCUT2D eigenvalue weighted by atomic mass is 10.0. The Hall–Kier alpha value is -2.31. The SMILES string of the molecule is C=C(S/C(=C\CCC)c1nc2c([nH]1)/C(=C\CC)CCN2C)c1cccnc1.CCCOC. The number of hydrogen-bond acceptors (Lipinski definition) is 5. The lowest BCUT2D eigenvalue weighted by molar-refractivity contribution is 0.199. The number of nitrogens with zero attached hydrogens (tertiary/aromatic N) is 3. The van der Waals surface area contributed by atoms with Crippen LogP contribution in [0.1, 0.15) is 70.0 Å². The highest BCUT2D eigenvalue weighted by Gasteiger charge is 2.23. The molecule has 0 bridgehead atoms. The number of methoxy groups -OCH3 is 1. The third-order valence-corrected chi connectivity index (χ3v) is 6.07. The molecule has 0 saturated carbocycles. The molecule has 174 valence electrons. The zero-order valence-corrected chi connectivity index (χ0v) is 21.1. The summed E-state index contributed by atoms with van der Waals surface area (Å²) in [5.41, 5.74) is 3.58. The molecule has 0 aromatic carbocycles. The van der Waals surface area contributed by atoms with Gasteiger partial charge in [-0.1, -0.05) is 63.8 Å². The van der Waals surface area contributed by atoms with E-state index >= 15 is 0 Å². The number of ether oxygens (including phenoxy) is 1. The van der Waals surface area contributed by atoms with Crippen molar-refractivity contribution in [2.75, 3.05) is 32.2 Å². The van der Waals surface area contributed by atoms with Gasteiger partial charge >= 0.3 is 0 Å². The van der Waals surface area contributed by atoms with Gasteiger partial charge in [-0.15, -0.1) is 0 Å². The quantitative estimate of drug-likeness (QED) is 0.441. The van der Waals surface area contributed by atoms with E-state index in [1.54, 1.807) is 25.1 Å². The number of nitrogens with one attached hydrogen (secondary N) is 1. The van der Waals surface area contributed by atoms with Crippen molar-refractivity contribution in [2.24, 2.45) is 0 Å². The number of fused-ring (bicyclic) bond motifs is 1. The Morgan fingerprint density at radius 2 is 2.12 bits per heavy atom. The summed E-state index contributed by atoms with van der Waals surface area (Å²) >= 11 is 1.66. The minimum absolute atomic E-state index is 0.889. The van der Waals surface area contributed by atoms with E-state index in [0.29, 0.717) is 0 Å². The second-order valence-corrected chi connectivity index (χ2v) is 8.85. The van der Waals surface area contributed by atoms with Crippen LogP contribution >= 0.6 is 11.8 Å². The van der Waals surface area contributed by atoms with Gasteiger partial charge in [0.2, 0.25) is 0 Å². The van der Waals surface area contributed by atoms with Gasteiger partial charge in [-0.3, -0.25) is 4.98 Å². The summed E-state index contributed by atoms with van der Waals surface area (Å²) in [5, 5.41) is 0. The molecule has 0 atom stereocenters. The van der Waals surface area contributed by atoms with Gasteiger partial charge in [0.05, 0.1) is 10.6 Å². The fraction of sp³-hybridized carbons (Fsp3) is 0.462. The van der Waals surface area contributed by atoms with Crippen LogP contribution in [-0.4, -0.2) is 42.3 Å². The maximum atomic E-state index is 4.95. The predicted octanol–water partition coefficient (Wildman–Crippen LogP) is 7.03. The fourth-order valence-corrected chi connectivity index (χ4v) is 4.23. The number of thioether (sulfide) groups is 1. The highest BCUT2D eigenvalue weighted by Crippen LogP contribution is 2.40. The minimum atomic E-state index is 0.889. The average Bonchev–Trinajstić information content (AvgIpc) is 3.26. The van der Waals surface area contributed by atoms with Gasteiger partial charge in [0, 0.05) is 50.2 Å². The van der Waals surface area contributed by atoms with Crippen molar-refractivity contribution < 1.29 is 4.74 Å². The molecule has 1 aliphatic heterocycles. The number of pyridine rings is 1. The molecule has 2 aromatic rings. The zero-order valence-electron chi connectivity index (χ0n) is 20.3. The van der Waals surface area contributed by atoms with E-state index in [1.165, 1.54) is 5.57 Å². The Morgan fingerprint density at radius 1 is 1.31 bits per heavy atom. The van der Waals surface area contributed by atoms with Gasteiger partial charge in [0.15, 0.2) is 5.82 Å². The second kappa shape index (κ2) is 14.0. The minimum Gasteiger partial charge on any atom is -0.385 e. The van der Waals surface area contributed by atoms with Crippen molar-refractivity contribution in [1.82, 2.24) is 15.0 Å². The third kappa shape index (κ3) is 7.38. The van der Waals surface area contributed by atoms with Gasteiger partial charge in [-0.25, -0.2) is 4.98 Å². The summed E-state index contributed by atoms with van der Waals surface area (Å²) in [7, 11) is 3.83. The van der Waals surface area contributed by atoms with Crippen LogP contribution in [0.25, 0.3) is 15.4 Å². The number of hydrogen-bond donors (Lipinski definition) is 1. The van der Waals surface area contributed by atoms with E-state index in [4.69, 9.17) is 9.72 Å². The summed E-state index contributed by atoms with van der Waals surface area (Å²) < 4.78 is 4.69. The number of H-pyrrole nitrogens is 1. The first-order valence-electron chi connectivity index (χ1n) is 11.5. The molecule has 1 N–H and O–H groups in total. The fourth-order valence-electron chi connectivity index (χ4n) is 3.34. The summed E-state index contributed by atoms with van der Waals surface area (Å²) in [6, 6.07) is 3.99. The normalized spacial score (nSPS) is 14.7. The Morgan fingerprint density at radius 3 is 2.72 bits per heavy atom. The Bertz CT molecular complexity index is 900. The van der Waals surface area contributed by atoms with Crippen LogP contribution in [0.15, 0.2) is 43.3 Å². The van der Waals surface area contributed by atoms with Crippen LogP contribution in [-0.2, 0) is 4.74 Å². The number of rotatable bonds is 9. The van der Waals surface area contributed by atoms with Crippen LogP contribution in [0, 0.1) is 0 Å². The standard InChI is InChI=1S/C22H28N4S.C4H10O/c1-5-7-11-19(27-16(3)18-10-8-13-23-15-18)21-24-20-17(9-6-2)12-14-26(4)22(20)25-21;1-3-4-5-2/h8-11,13,15H,3,5-7,12,14H2,1-2,4H3,(H,24,25);3-4H2,1-2H3/b17-9-,19-11-;. The summed E-state index contributed by atoms with van der Waals surface area (Å²) in [5.74, 6) is 1.98. The van der Waals surface area contributed by atoms with E-state index in [-0.39, 0.29) is 0 Å². The topological polar surface area (TPSA) is 54.0 Å². The lowest BCUT2D eigenvalue weighted by Gasteiger charge is -2.24. The van der Waals surface area contributed by atoms with Gasteiger partial charge in [-0.05, 0) is 37.3 Å². The van der Waals surface area contributed by atoms with Crippen molar-refractivity contribution in [2.45, 2.75) is 52.9 Å². The maximum Gasteiger partial charge on any atom is 0.154 e. The van der Waals surface area contributed by atoms with Gasteiger partial charge in [0.25, 0.3) is 0 Å². The molecule has 0 amide bonds. The Kier molecular flexibility index (Phi) is 11.3. The Balaban J connectivity index is 0.000000654. The number of aromatic amines is 1. The van der Waals surface area contributed by atoms with E-state index in [1.807, 2.05) is 18.3 Å². The van der Waals surface area contributed by atoms with Crippen LogP contribution in [0.5, 0.6) is 0 Å². The number of unbranched alkanes of at least 4 members (excludes halogenated alkanes) is 1. The maximum absolute atomic E-state index is 4.95. The Labute approximate surface area is 198 Å². The van der Waals surface area contributed by atoms with Crippen molar-refractivity contribution >= 4 is 33.0 Å². The second-order valence-electron chi connectivity index (χ2n) is 7.71. The number of imidazole rings is 1. The predicted molar refractivity (Wildman–Crippen MR) is 141 cm³/mol. The highest BCUT2D eigenvalue weighted by atomic mass is 32.2. The molecule has 0 spiro atoms. The van der Waals surface area contributed by atoms with Crippen LogP contribution in [0.4, 0.5) is 5.82 Å². The van der Waals surface area contributed by atoms with E-state index in [9.17, 15) is 0 Å². The summed E-state index contributed by atoms with van der Waals surface area (Å²) in [4.78, 5) is 17.1. The van der Waals surface area contributed by atoms with Crippen molar-refractivity contribution in [3.63, 3.8) is 0 Å². The van der Waals surface area contributed by atoms with Crippen molar-refractivity contribution in [3.8, 4) is 0 Å². The molecule has 3 heterocycles. The largest absolute Gasteiger partial charge is 0.385 e. The van der Waals surface area contributed by atoms with Crippen LogP contribution in [0.2, 0.25) is 0 Å². The number of anilines is 1. The molecule has 5 nitrogen and oxygen atoms in total. The van der Waals surface area contributed by atoms with E-state index in [0.717, 1.165) is 78.0 Å². The van der Waals surface area contributed by atoms with Crippen LogP contribution < -0.4 is 4.90 Å². The molecule has 1 aliphatic rings. The number of aromatic nitrogens is 3. The first-order chi connectivity index (χ1) is 15.5. The van der Waals surface area contributed by atoms with Gasteiger partial charge < -0.3 is 14.6 Å².